The van der Waals surface area contributed by atoms with Crippen molar-refractivity contribution in [2.24, 2.45) is 0 Å². The molecule has 6 nitrogen and oxygen atoms in total. The van der Waals surface area contributed by atoms with Crippen molar-refractivity contribution in [1.82, 2.24) is 4.31 Å². The van der Waals surface area contributed by atoms with E-state index in [1.54, 1.807) is 41.8 Å². The quantitative estimate of drug-likeness (QED) is 0.530. The Kier molecular flexibility index (Phi) is 6.55. The average Bonchev–Trinajstić information content (AvgIpc) is 3.28. The second-order valence-electron chi connectivity index (χ2n) is 6.92. The lowest BCUT2D eigenvalue weighted by Crippen LogP contribution is -2.35. The van der Waals surface area contributed by atoms with E-state index < -0.39 is 10.0 Å². The van der Waals surface area contributed by atoms with Gasteiger partial charge in [-0.05, 0) is 59.3 Å². The van der Waals surface area contributed by atoms with E-state index in [0.717, 1.165) is 11.1 Å². The van der Waals surface area contributed by atoms with Gasteiger partial charge in [-0.15, -0.1) is 11.3 Å². The van der Waals surface area contributed by atoms with Gasteiger partial charge in [0.25, 0.3) is 15.9 Å². The average molecular weight is 497 g/mol. The van der Waals surface area contributed by atoms with Crippen LogP contribution in [0.3, 0.4) is 0 Å². The summed E-state index contributed by atoms with van der Waals surface area (Å²) >= 11 is 13.1. The molecule has 0 aliphatic carbocycles. The van der Waals surface area contributed by atoms with E-state index in [0.29, 0.717) is 38.7 Å². The van der Waals surface area contributed by atoms with Crippen molar-refractivity contribution in [3.63, 3.8) is 0 Å². The summed E-state index contributed by atoms with van der Waals surface area (Å²) in [5.41, 5.74) is 2.51. The molecule has 0 bridgehead atoms. The summed E-state index contributed by atoms with van der Waals surface area (Å²) < 4.78 is 32.9. The minimum absolute atomic E-state index is 0.225. The van der Waals surface area contributed by atoms with Crippen molar-refractivity contribution < 1.29 is 17.9 Å². The minimum atomic E-state index is -3.52. The maximum atomic E-state index is 12.8. The zero-order valence-electron chi connectivity index (χ0n) is 16.2. The maximum Gasteiger partial charge on any atom is 0.262 e. The van der Waals surface area contributed by atoms with Gasteiger partial charge in [-0.25, -0.2) is 8.42 Å². The van der Waals surface area contributed by atoms with Crippen LogP contribution in [0.2, 0.25) is 10.0 Å². The van der Waals surface area contributed by atoms with Gasteiger partial charge in [-0.1, -0.05) is 35.3 Å². The van der Waals surface area contributed by atoms with Crippen LogP contribution < -0.4 is 10.1 Å². The number of amides is 1. The summed E-state index contributed by atoms with van der Waals surface area (Å²) in [6, 6.07) is 13.6. The van der Waals surface area contributed by atoms with Gasteiger partial charge in [0.15, 0.2) is 6.61 Å². The van der Waals surface area contributed by atoms with Crippen LogP contribution in [0.4, 0.5) is 5.69 Å². The fourth-order valence-electron chi connectivity index (χ4n) is 3.28. The lowest BCUT2D eigenvalue weighted by Gasteiger charge is -2.28. The molecule has 0 atom stereocenters. The molecule has 1 amide bonds. The number of sulfonamides is 1. The summed E-state index contributed by atoms with van der Waals surface area (Å²) in [7, 11) is -3.52. The molecule has 0 fully saturated rings. The van der Waals surface area contributed by atoms with E-state index in [9.17, 15) is 13.2 Å². The highest BCUT2D eigenvalue weighted by molar-refractivity contribution is 7.91. The van der Waals surface area contributed by atoms with E-state index in [2.05, 4.69) is 5.32 Å². The molecule has 0 radical (unpaired) electrons. The molecule has 4 rings (SSSR count). The number of anilines is 1. The first-order valence-corrected chi connectivity index (χ1v) is 12.4. The highest BCUT2D eigenvalue weighted by Gasteiger charge is 2.29. The van der Waals surface area contributed by atoms with Crippen LogP contribution >= 0.6 is 34.5 Å². The van der Waals surface area contributed by atoms with Crippen molar-refractivity contribution in [2.45, 2.75) is 17.2 Å². The molecule has 162 valence electrons. The third kappa shape index (κ3) is 5.05. The van der Waals surface area contributed by atoms with Gasteiger partial charge in [0, 0.05) is 23.8 Å². The standard InChI is InChI=1S/C21H18Cl2N2O4S2/c22-16-4-6-19(18(23)11-16)29-13-20(26)24-17-5-3-14-7-8-25(12-15(14)10-17)31(27,28)21-2-1-9-30-21/h1-6,9-11H,7-8,12-13H2,(H,24,26). The number of nitrogens with one attached hydrogen (secondary N) is 1. The summed E-state index contributed by atoms with van der Waals surface area (Å²) in [5, 5.41) is 5.32. The first-order chi connectivity index (χ1) is 14.8. The van der Waals surface area contributed by atoms with Gasteiger partial charge < -0.3 is 10.1 Å². The predicted octanol–water partition coefficient (Wildman–Crippen LogP) is 4.82. The summed E-state index contributed by atoms with van der Waals surface area (Å²) in [5.74, 6) is 0.00548. The molecule has 1 N–H and O–H groups in total. The molecule has 31 heavy (non-hydrogen) atoms. The smallest absolute Gasteiger partial charge is 0.262 e. The fourth-order valence-corrected chi connectivity index (χ4v) is 6.31. The third-order valence-corrected chi connectivity index (χ3v) is 8.56. The second kappa shape index (κ2) is 9.18. The lowest BCUT2D eigenvalue weighted by atomic mass is 10.0. The fraction of sp³-hybridized carbons (Fsp3) is 0.190. The van der Waals surface area contributed by atoms with Crippen molar-refractivity contribution in [2.75, 3.05) is 18.5 Å². The summed E-state index contributed by atoms with van der Waals surface area (Å²) in [4.78, 5) is 12.3. The van der Waals surface area contributed by atoms with Crippen LogP contribution in [0.15, 0.2) is 58.1 Å². The topological polar surface area (TPSA) is 75.7 Å². The van der Waals surface area contributed by atoms with E-state index in [1.165, 1.54) is 21.7 Å². The van der Waals surface area contributed by atoms with Gasteiger partial charge >= 0.3 is 0 Å². The van der Waals surface area contributed by atoms with Crippen molar-refractivity contribution >= 4 is 56.2 Å². The molecule has 2 heterocycles. The molecule has 10 heteroatoms. The zero-order chi connectivity index (χ0) is 22.0. The number of fused-ring (bicyclic) bond motifs is 1. The van der Waals surface area contributed by atoms with E-state index in [1.807, 2.05) is 6.07 Å². The third-order valence-electron chi connectivity index (χ3n) is 4.81. The van der Waals surface area contributed by atoms with Crippen LogP contribution in [0.5, 0.6) is 5.75 Å². The maximum absolute atomic E-state index is 12.8. The number of benzene rings is 2. The highest BCUT2D eigenvalue weighted by atomic mass is 35.5. The highest BCUT2D eigenvalue weighted by Crippen LogP contribution is 2.29. The van der Waals surface area contributed by atoms with Crippen molar-refractivity contribution in [1.29, 1.82) is 0 Å². The Morgan fingerprint density at radius 1 is 1.13 bits per heavy atom. The number of rotatable bonds is 6. The number of halogens is 2. The Morgan fingerprint density at radius 2 is 1.97 bits per heavy atom. The minimum Gasteiger partial charge on any atom is -0.482 e. The Labute approximate surface area is 194 Å². The van der Waals surface area contributed by atoms with Crippen molar-refractivity contribution in [3.05, 3.63) is 75.1 Å². The van der Waals surface area contributed by atoms with Gasteiger partial charge in [0.2, 0.25) is 0 Å². The van der Waals surface area contributed by atoms with Gasteiger partial charge in [-0.2, -0.15) is 4.31 Å². The number of thiophene rings is 1. The Balaban J connectivity index is 1.42. The number of carbonyl (C=O) groups excluding carboxylic acids is 1. The molecule has 0 saturated carbocycles. The number of nitrogens with zero attached hydrogens (tertiary/aromatic N) is 1. The normalized spacial score (nSPS) is 14.1. The van der Waals surface area contributed by atoms with Crippen LogP contribution in [0.25, 0.3) is 0 Å². The monoisotopic (exact) mass is 496 g/mol. The Morgan fingerprint density at radius 3 is 2.71 bits per heavy atom. The van der Waals surface area contributed by atoms with Gasteiger partial charge in [0.1, 0.15) is 9.96 Å². The van der Waals surface area contributed by atoms with Crippen molar-refractivity contribution in [3.8, 4) is 5.75 Å². The van der Waals surface area contributed by atoms with Gasteiger partial charge in [0.05, 0.1) is 5.02 Å². The predicted molar refractivity (Wildman–Crippen MR) is 123 cm³/mol. The molecule has 0 spiro atoms. The second-order valence-corrected chi connectivity index (χ2v) is 10.9. The molecule has 1 aliphatic rings. The summed E-state index contributed by atoms with van der Waals surface area (Å²) in [6.07, 6.45) is 0.617. The van der Waals surface area contributed by atoms with E-state index in [-0.39, 0.29) is 19.1 Å². The first-order valence-electron chi connectivity index (χ1n) is 9.36. The lowest BCUT2D eigenvalue weighted by molar-refractivity contribution is -0.118. The van der Waals surface area contributed by atoms with E-state index in [4.69, 9.17) is 27.9 Å². The molecule has 0 saturated heterocycles. The summed E-state index contributed by atoms with van der Waals surface area (Å²) in [6.45, 7) is 0.460. The van der Waals surface area contributed by atoms with Crippen LogP contribution in [-0.2, 0) is 27.8 Å². The largest absolute Gasteiger partial charge is 0.482 e. The molecule has 1 aliphatic heterocycles. The SMILES string of the molecule is O=C(COc1ccc(Cl)cc1Cl)Nc1ccc2c(c1)CN(S(=O)(=O)c1cccs1)CC2. The molecular formula is C21H18Cl2N2O4S2. The molecule has 0 unspecified atom stereocenters. The molecule has 1 aromatic heterocycles. The number of hydrogen-bond donors (Lipinski definition) is 1. The number of hydrogen-bond acceptors (Lipinski definition) is 5. The van der Waals surface area contributed by atoms with Crippen LogP contribution in [0.1, 0.15) is 11.1 Å². The zero-order valence-corrected chi connectivity index (χ0v) is 19.3. The molecule has 2 aromatic carbocycles. The number of carbonyl (C=O) groups is 1. The molecular weight excluding hydrogens is 479 g/mol. The Bertz CT molecular complexity index is 1210. The first kappa shape index (κ1) is 22.1. The Hall–Kier alpha value is -2.10. The van der Waals surface area contributed by atoms with Gasteiger partial charge in [-0.3, -0.25) is 4.79 Å². The van der Waals surface area contributed by atoms with Crippen LogP contribution in [-0.4, -0.2) is 31.8 Å². The number of ether oxygens (including phenoxy) is 1. The molecule has 3 aromatic rings. The van der Waals surface area contributed by atoms with E-state index >= 15 is 0 Å². The van der Waals surface area contributed by atoms with Crippen LogP contribution in [0, 0.1) is 0 Å².